The summed E-state index contributed by atoms with van der Waals surface area (Å²) < 4.78 is 2.03. The minimum atomic E-state index is 0.154. The van der Waals surface area contributed by atoms with Crippen molar-refractivity contribution in [2.75, 3.05) is 19.3 Å². The van der Waals surface area contributed by atoms with Crippen LogP contribution in [0.15, 0.2) is 42.1 Å². The van der Waals surface area contributed by atoms with Gasteiger partial charge >= 0.3 is 0 Å². The lowest BCUT2D eigenvalue weighted by molar-refractivity contribution is -0.127. The Morgan fingerprint density at radius 3 is 2.82 bits per heavy atom. The van der Waals surface area contributed by atoms with E-state index in [1.165, 1.54) is 49.4 Å². The first-order chi connectivity index (χ1) is 13.6. The number of nitrogens with zero attached hydrogens (tertiary/aromatic N) is 4. The molecule has 5 nitrogen and oxygen atoms in total. The van der Waals surface area contributed by atoms with Crippen LogP contribution in [0.25, 0.3) is 11.4 Å². The van der Waals surface area contributed by atoms with Crippen LogP contribution >= 0.6 is 11.8 Å². The summed E-state index contributed by atoms with van der Waals surface area (Å²) in [5.41, 5.74) is 2.21. The van der Waals surface area contributed by atoms with Gasteiger partial charge in [-0.25, -0.2) is 0 Å². The molecule has 0 N–H and O–H groups in total. The van der Waals surface area contributed by atoms with E-state index >= 15 is 0 Å². The van der Waals surface area contributed by atoms with Crippen molar-refractivity contribution in [3.05, 3.63) is 42.5 Å². The highest BCUT2D eigenvalue weighted by Crippen LogP contribution is 2.26. The predicted molar refractivity (Wildman–Crippen MR) is 115 cm³/mol. The van der Waals surface area contributed by atoms with Gasteiger partial charge < -0.3 is 4.90 Å². The van der Waals surface area contributed by atoms with Gasteiger partial charge in [0.05, 0.1) is 5.75 Å². The Morgan fingerprint density at radius 1 is 1.32 bits per heavy atom. The summed E-state index contributed by atoms with van der Waals surface area (Å²) in [6.07, 6.45) is 8.27. The van der Waals surface area contributed by atoms with E-state index in [1.807, 2.05) is 34.7 Å². The molecule has 1 aromatic heterocycles. The highest BCUT2D eigenvalue weighted by atomic mass is 32.2. The number of carbonyl (C=O) groups is 1. The standard InChI is InChI=1S/C22H30N4OS/c1-4-13-26-21(19-12-8-9-17(2)14-19)23-24-22(26)28-16-20(27)25(3)15-18-10-6-5-7-11-18/h4,8-9,12,14,18H,1,5-7,10-11,13,15-16H2,2-3H3. The molecule has 1 heterocycles. The van der Waals surface area contributed by atoms with Gasteiger partial charge in [0, 0.05) is 25.7 Å². The van der Waals surface area contributed by atoms with Crippen molar-refractivity contribution in [1.29, 1.82) is 0 Å². The molecule has 0 radical (unpaired) electrons. The van der Waals surface area contributed by atoms with Crippen LogP contribution in [0.5, 0.6) is 0 Å². The molecule has 28 heavy (non-hydrogen) atoms. The Hall–Kier alpha value is -2.08. The summed E-state index contributed by atoms with van der Waals surface area (Å²) in [5.74, 6) is 2.01. The number of aromatic nitrogens is 3. The maximum absolute atomic E-state index is 12.6. The van der Waals surface area contributed by atoms with Crippen LogP contribution in [-0.2, 0) is 11.3 Å². The van der Waals surface area contributed by atoms with Crippen LogP contribution < -0.4 is 0 Å². The number of rotatable bonds is 8. The summed E-state index contributed by atoms with van der Waals surface area (Å²) in [5, 5.41) is 9.49. The van der Waals surface area contributed by atoms with E-state index in [4.69, 9.17) is 0 Å². The number of aryl methyl sites for hydroxylation is 1. The lowest BCUT2D eigenvalue weighted by Gasteiger charge is -2.27. The number of hydrogen-bond donors (Lipinski definition) is 0. The number of thioether (sulfide) groups is 1. The summed E-state index contributed by atoms with van der Waals surface area (Å²) in [6, 6.07) is 8.22. The second-order valence-electron chi connectivity index (χ2n) is 7.64. The molecule has 1 fully saturated rings. The number of hydrogen-bond acceptors (Lipinski definition) is 4. The number of carbonyl (C=O) groups excluding carboxylic acids is 1. The minimum absolute atomic E-state index is 0.154. The van der Waals surface area contributed by atoms with E-state index in [0.717, 1.165) is 23.1 Å². The summed E-state index contributed by atoms with van der Waals surface area (Å²) in [4.78, 5) is 14.5. The molecule has 150 valence electrons. The Morgan fingerprint density at radius 2 is 2.11 bits per heavy atom. The summed E-state index contributed by atoms with van der Waals surface area (Å²) in [6.45, 7) is 7.40. The lowest BCUT2D eigenvalue weighted by Crippen LogP contribution is -2.33. The van der Waals surface area contributed by atoms with Crippen molar-refractivity contribution >= 4 is 17.7 Å². The van der Waals surface area contributed by atoms with Gasteiger partial charge in [-0.05, 0) is 31.7 Å². The molecule has 1 amide bonds. The SMILES string of the molecule is C=CCn1c(SCC(=O)N(C)CC2CCCCC2)nnc1-c1cccc(C)c1. The molecule has 0 spiro atoms. The van der Waals surface area contributed by atoms with Crippen molar-refractivity contribution < 1.29 is 4.79 Å². The van der Waals surface area contributed by atoms with E-state index in [9.17, 15) is 4.79 Å². The van der Waals surface area contributed by atoms with Gasteiger partial charge in [-0.1, -0.05) is 60.9 Å². The summed E-state index contributed by atoms with van der Waals surface area (Å²) >= 11 is 1.46. The third-order valence-corrected chi connectivity index (χ3v) is 6.26. The molecule has 0 atom stereocenters. The largest absolute Gasteiger partial charge is 0.345 e. The Labute approximate surface area is 172 Å². The summed E-state index contributed by atoms with van der Waals surface area (Å²) in [7, 11) is 1.92. The molecule has 1 aliphatic rings. The second kappa shape index (κ2) is 9.92. The zero-order valence-corrected chi connectivity index (χ0v) is 17.7. The molecule has 1 aromatic carbocycles. The maximum atomic E-state index is 12.6. The van der Waals surface area contributed by atoms with Crippen LogP contribution in [0, 0.1) is 12.8 Å². The molecule has 0 aliphatic heterocycles. The molecular formula is C22H30N4OS. The average molecular weight is 399 g/mol. The fraction of sp³-hybridized carbons (Fsp3) is 0.500. The zero-order valence-electron chi connectivity index (χ0n) is 16.9. The van der Waals surface area contributed by atoms with E-state index in [1.54, 1.807) is 0 Å². The quantitative estimate of drug-likeness (QED) is 0.483. The third-order valence-electron chi connectivity index (χ3n) is 5.31. The highest BCUT2D eigenvalue weighted by molar-refractivity contribution is 7.99. The van der Waals surface area contributed by atoms with Crippen molar-refractivity contribution in [3.63, 3.8) is 0 Å². The van der Waals surface area contributed by atoms with E-state index in [2.05, 4.69) is 35.8 Å². The molecule has 0 unspecified atom stereocenters. The fourth-order valence-corrected chi connectivity index (χ4v) is 4.67. The number of amides is 1. The predicted octanol–water partition coefficient (Wildman–Crippen LogP) is 4.57. The molecule has 1 saturated carbocycles. The van der Waals surface area contributed by atoms with Crippen LogP contribution in [0.4, 0.5) is 0 Å². The van der Waals surface area contributed by atoms with Crippen molar-refractivity contribution in [2.45, 2.75) is 50.7 Å². The van der Waals surface area contributed by atoms with Gasteiger partial charge in [0.25, 0.3) is 0 Å². The first-order valence-corrected chi connectivity index (χ1v) is 11.0. The molecule has 6 heteroatoms. The lowest BCUT2D eigenvalue weighted by atomic mass is 9.89. The van der Waals surface area contributed by atoms with Crippen LogP contribution in [0.1, 0.15) is 37.7 Å². The topological polar surface area (TPSA) is 51.0 Å². The van der Waals surface area contributed by atoms with Crippen molar-refractivity contribution in [2.24, 2.45) is 5.92 Å². The van der Waals surface area contributed by atoms with Gasteiger partial charge in [-0.3, -0.25) is 9.36 Å². The first kappa shape index (κ1) is 20.6. The fourth-order valence-electron chi connectivity index (χ4n) is 3.78. The Bertz CT molecular complexity index is 811. The molecule has 3 rings (SSSR count). The van der Waals surface area contributed by atoms with Crippen LogP contribution in [0.3, 0.4) is 0 Å². The van der Waals surface area contributed by atoms with E-state index in [0.29, 0.717) is 18.2 Å². The van der Waals surface area contributed by atoms with E-state index < -0.39 is 0 Å². The van der Waals surface area contributed by atoms with E-state index in [-0.39, 0.29) is 5.91 Å². The smallest absolute Gasteiger partial charge is 0.232 e. The Balaban J connectivity index is 1.65. The van der Waals surface area contributed by atoms with Crippen molar-refractivity contribution in [1.82, 2.24) is 19.7 Å². The minimum Gasteiger partial charge on any atom is -0.345 e. The van der Waals surface area contributed by atoms with Gasteiger partial charge in [-0.15, -0.1) is 16.8 Å². The van der Waals surface area contributed by atoms with Gasteiger partial charge in [-0.2, -0.15) is 0 Å². The van der Waals surface area contributed by atoms with Gasteiger partial charge in [0.15, 0.2) is 11.0 Å². The van der Waals surface area contributed by atoms with Gasteiger partial charge in [0.1, 0.15) is 0 Å². The average Bonchev–Trinajstić information content (AvgIpc) is 3.10. The molecular weight excluding hydrogens is 368 g/mol. The second-order valence-corrected chi connectivity index (χ2v) is 8.58. The van der Waals surface area contributed by atoms with Crippen molar-refractivity contribution in [3.8, 4) is 11.4 Å². The molecule has 0 bridgehead atoms. The molecule has 2 aromatic rings. The number of allylic oxidation sites excluding steroid dienone is 1. The van der Waals surface area contributed by atoms with Crippen LogP contribution in [-0.4, -0.2) is 44.9 Å². The molecule has 0 saturated heterocycles. The maximum Gasteiger partial charge on any atom is 0.232 e. The third kappa shape index (κ3) is 5.25. The highest BCUT2D eigenvalue weighted by Gasteiger charge is 2.20. The normalized spacial score (nSPS) is 14.8. The zero-order chi connectivity index (χ0) is 19.9. The Kier molecular flexibility index (Phi) is 7.31. The monoisotopic (exact) mass is 398 g/mol. The van der Waals surface area contributed by atoms with Gasteiger partial charge in [0.2, 0.25) is 5.91 Å². The first-order valence-electron chi connectivity index (χ1n) is 10.1. The van der Waals surface area contributed by atoms with Crippen LogP contribution in [0.2, 0.25) is 0 Å². The molecule has 1 aliphatic carbocycles. The number of benzene rings is 1.